The van der Waals surface area contributed by atoms with Gasteiger partial charge in [0, 0.05) is 18.2 Å². The summed E-state index contributed by atoms with van der Waals surface area (Å²) >= 11 is 1.71. The van der Waals surface area contributed by atoms with Crippen LogP contribution in [-0.2, 0) is 22.4 Å². The largest absolute Gasteiger partial charge is 0.460 e. The van der Waals surface area contributed by atoms with Gasteiger partial charge >= 0.3 is 5.97 Å². The molecule has 4 rings (SSSR count). The number of hydrogen-bond acceptors (Lipinski definition) is 6. The molecule has 0 spiro atoms. The molecule has 3 aromatic rings. The van der Waals surface area contributed by atoms with Gasteiger partial charge in [-0.15, -0.1) is 11.3 Å². The highest BCUT2D eigenvalue weighted by Gasteiger charge is 2.24. The zero-order chi connectivity index (χ0) is 24.0. The van der Waals surface area contributed by atoms with Gasteiger partial charge in [-0.05, 0) is 76.6 Å². The maximum absolute atomic E-state index is 12.6. The predicted octanol–water partition coefficient (Wildman–Crippen LogP) is 7.06. The fraction of sp³-hybridized carbons (Fsp3) is 0.536. The maximum Gasteiger partial charge on any atom is 0.307 e. The standard InChI is InChI=1S/C28H37N3O2S/c1-28(2,3)33-25(32)19-21(27-31-23-14-8-9-15-24(23)34-27)11-6-4-5-7-13-22-17-16-20-12-10-18-29-26(20)30-22/h8-9,14-17,21H,4-7,10-13,18-19H2,1-3H3,(H,29,30). The number of pyridine rings is 1. The number of thiazole rings is 1. The highest BCUT2D eigenvalue weighted by molar-refractivity contribution is 7.18. The first kappa shape index (κ1) is 24.6. The SMILES string of the molecule is CC(C)(C)OC(=O)CC(CCCCCCc1ccc2c(n1)NCCC2)c1nc2ccccc2s1. The zero-order valence-electron chi connectivity index (χ0n) is 20.7. The van der Waals surface area contributed by atoms with E-state index in [0.717, 1.165) is 61.4 Å². The monoisotopic (exact) mass is 479 g/mol. The lowest BCUT2D eigenvalue weighted by molar-refractivity contribution is -0.155. The number of nitrogens with zero attached hydrogens (tertiary/aromatic N) is 2. The van der Waals surface area contributed by atoms with Crippen LogP contribution in [0.2, 0.25) is 0 Å². The van der Waals surface area contributed by atoms with Crippen molar-refractivity contribution in [1.82, 2.24) is 9.97 Å². The van der Waals surface area contributed by atoms with E-state index in [2.05, 4.69) is 23.5 Å². The number of para-hydroxylation sites is 1. The lowest BCUT2D eigenvalue weighted by atomic mass is 9.97. The molecule has 182 valence electrons. The molecule has 3 heterocycles. The van der Waals surface area contributed by atoms with Crippen LogP contribution in [0, 0.1) is 0 Å². The second-order valence-electron chi connectivity index (χ2n) is 10.3. The van der Waals surface area contributed by atoms with Crippen molar-refractivity contribution < 1.29 is 9.53 Å². The molecule has 1 aliphatic rings. The lowest BCUT2D eigenvalue weighted by Crippen LogP contribution is -2.25. The van der Waals surface area contributed by atoms with Gasteiger partial charge in [0.1, 0.15) is 11.4 Å². The average molecular weight is 480 g/mol. The molecule has 34 heavy (non-hydrogen) atoms. The minimum atomic E-state index is -0.463. The van der Waals surface area contributed by atoms with E-state index in [9.17, 15) is 4.79 Å². The van der Waals surface area contributed by atoms with Crippen LogP contribution in [0.4, 0.5) is 5.82 Å². The average Bonchev–Trinajstić information content (AvgIpc) is 3.23. The molecule has 6 heteroatoms. The maximum atomic E-state index is 12.6. The number of rotatable bonds is 10. The Bertz CT molecular complexity index is 1070. The normalized spacial score (nSPS) is 14.4. The summed E-state index contributed by atoms with van der Waals surface area (Å²) in [6.45, 7) is 6.80. The second kappa shape index (κ2) is 11.3. The van der Waals surface area contributed by atoms with Gasteiger partial charge < -0.3 is 10.1 Å². The molecule has 0 bridgehead atoms. The summed E-state index contributed by atoms with van der Waals surface area (Å²) < 4.78 is 6.80. The lowest BCUT2D eigenvalue weighted by Gasteiger charge is -2.21. The number of fused-ring (bicyclic) bond motifs is 2. The Morgan fingerprint density at radius 1 is 1.09 bits per heavy atom. The molecule has 0 saturated carbocycles. The van der Waals surface area contributed by atoms with Crippen LogP contribution >= 0.6 is 11.3 Å². The Hall–Kier alpha value is -2.47. The van der Waals surface area contributed by atoms with Crippen molar-refractivity contribution in [1.29, 1.82) is 0 Å². The van der Waals surface area contributed by atoms with E-state index in [1.165, 1.54) is 28.8 Å². The van der Waals surface area contributed by atoms with E-state index in [-0.39, 0.29) is 11.9 Å². The number of anilines is 1. The number of unbranched alkanes of at least 4 members (excludes halogenated alkanes) is 3. The number of esters is 1. The molecule has 0 amide bonds. The number of aromatic nitrogens is 2. The quantitative estimate of drug-likeness (QED) is 0.249. The highest BCUT2D eigenvalue weighted by Crippen LogP contribution is 2.33. The van der Waals surface area contributed by atoms with Crippen LogP contribution in [0.3, 0.4) is 0 Å². The van der Waals surface area contributed by atoms with E-state index < -0.39 is 5.60 Å². The zero-order valence-corrected chi connectivity index (χ0v) is 21.5. The molecule has 1 unspecified atom stereocenters. The van der Waals surface area contributed by atoms with Crippen molar-refractivity contribution >= 4 is 33.3 Å². The number of carbonyl (C=O) groups is 1. The number of hydrogen-bond donors (Lipinski definition) is 1. The van der Waals surface area contributed by atoms with Gasteiger partial charge in [-0.2, -0.15) is 0 Å². The Labute approximate surface area is 207 Å². The summed E-state index contributed by atoms with van der Waals surface area (Å²) in [6, 6.07) is 12.6. The van der Waals surface area contributed by atoms with E-state index in [0.29, 0.717) is 6.42 Å². The predicted molar refractivity (Wildman–Crippen MR) is 141 cm³/mol. The van der Waals surface area contributed by atoms with Crippen molar-refractivity contribution in [3.8, 4) is 0 Å². The van der Waals surface area contributed by atoms with Gasteiger partial charge in [0.05, 0.1) is 21.6 Å². The second-order valence-corrected chi connectivity index (χ2v) is 11.4. The summed E-state index contributed by atoms with van der Waals surface area (Å²) in [4.78, 5) is 22.3. The first-order valence-corrected chi connectivity index (χ1v) is 13.5. The van der Waals surface area contributed by atoms with Gasteiger partial charge in [-0.1, -0.05) is 37.5 Å². The Balaban J connectivity index is 1.28. The number of nitrogens with one attached hydrogen (secondary N) is 1. The third kappa shape index (κ3) is 7.02. The molecule has 5 nitrogen and oxygen atoms in total. The molecular weight excluding hydrogens is 442 g/mol. The summed E-state index contributed by atoms with van der Waals surface area (Å²) in [5.74, 6) is 1.06. The third-order valence-electron chi connectivity index (χ3n) is 6.18. The van der Waals surface area contributed by atoms with Crippen LogP contribution in [0.25, 0.3) is 10.2 Å². The molecule has 1 aromatic carbocycles. The third-order valence-corrected chi connectivity index (χ3v) is 7.38. The van der Waals surface area contributed by atoms with Crippen LogP contribution in [0.15, 0.2) is 36.4 Å². The van der Waals surface area contributed by atoms with Crippen LogP contribution in [0.5, 0.6) is 0 Å². The smallest absolute Gasteiger partial charge is 0.307 e. The molecular formula is C28H37N3O2S. The molecule has 1 aliphatic heterocycles. The van der Waals surface area contributed by atoms with E-state index >= 15 is 0 Å². The van der Waals surface area contributed by atoms with E-state index in [4.69, 9.17) is 14.7 Å². The number of ether oxygens (including phenoxy) is 1. The van der Waals surface area contributed by atoms with Crippen LogP contribution in [-0.4, -0.2) is 28.1 Å². The Morgan fingerprint density at radius 2 is 1.91 bits per heavy atom. The molecule has 0 fully saturated rings. The summed E-state index contributed by atoms with van der Waals surface area (Å²) in [5, 5.41) is 4.48. The van der Waals surface area contributed by atoms with Crippen molar-refractivity contribution in [2.24, 2.45) is 0 Å². The summed E-state index contributed by atoms with van der Waals surface area (Å²) in [7, 11) is 0. The molecule has 1 N–H and O–H groups in total. The van der Waals surface area contributed by atoms with Crippen molar-refractivity contribution in [3.05, 3.63) is 52.7 Å². The van der Waals surface area contributed by atoms with Crippen LogP contribution < -0.4 is 5.32 Å². The van der Waals surface area contributed by atoms with Gasteiger partial charge in [0.25, 0.3) is 0 Å². The van der Waals surface area contributed by atoms with E-state index in [1.807, 2.05) is 39.0 Å². The summed E-state index contributed by atoms with van der Waals surface area (Å²) in [6.07, 6.45) is 9.25. The molecule has 0 aliphatic carbocycles. The molecule has 0 saturated heterocycles. The summed E-state index contributed by atoms with van der Waals surface area (Å²) in [5.41, 5.74) is 3.09. The molecule has 2 aromatic heterocycles. The minimum Gasteiger partial charge on any atom is -0.460 e. The highest BCUT2D eigenvalue weighted by atomic mass is 32.1. The van der Waals surface area contributed by atoms with Gasteiger partial charge in [-0.25, -0.2) is 9.97 Å². The minimum absolute atomic E-state index is 0.112. The molecule has 1 atom stereocenters. The first-order chi connectivity index (χ1) is 16.4. The fourth-order valence-corrected chi connectivity index (χ4v) is 5.62. The topological polar surface area (TPSA) is 64.1 Å². The van der Waals surface area contributed by atoms with Gasteiger partial charge in [0.15, 0.2) is 0 Å². The van der Waals surface area contributed by atoms with Crippen molar-refractivity contribution in [2.45, 2.75) is 90.1 Å². The Kier molecular flexibility index (Phi) is 8.19. The fourth-order valence-electron chi connectivity index (χ4n) is 4.52. The van der Waals surface area contributed by atoms with Crippen LogP contribution in [0.1, 0.15) is 87.9 Å². The molecule has 0 radical (unpaired) electrons. The number of carbonyl (C=O) groups excluding carboxylic acids is 1. The number of benzene rings is 1. The van der Waals surface area contributed by atoms with E-state index in [1.54, 1.807) is 11.3 Å². The van der Waals surface area contributed by atoms with Gasteiger partial charge in [-0.3, -0.25) is 4.79 Å². The Morgan fingerprint density at radius 3 is 2.74 bits per heavy atom. The number of aryl methyl sites for hydroxylation is 2. The van der Waals surface area contributed by atoms with Gasteiger partial charge in [0.2, 0.25) is 0 Å². The first-order valence-electron chi connectivity index (χ1n) is 12.7. The van der Waals surface area contributed by atoms with Crippen molar-refractivity contribution in [3.63, 3.8) is 0 Å². The van der Waals surface area contributed by atoms with Crippen molar-refractivity contribution in [2.75, 3.05) is 11.9 Å².